The van der Waals surface area contributed by atoms with Crippen molar-refractivity contribution < 1.29 is 18.4 Å². The van der Waals surface area contributed by atoms with E-state index in [1.165, 1.54) is 11.3 Å². The first kappa shape index (κ1) is 16.0. The van der Waals surface area contributed by atoms with Gasteiger partial charge in [0.1, 0.15) is 6.54 Å². The number of nitrogens with one attached hydrogen (secondary N) is 1. The van der Waals surface area contributed by atoms with Crippen molar-refractivity contribution in [1.29, 1.82) is 0 Å². The Morgan fingerprint density at radius 2 is 2.12 bits per heavy atom. The molecule has 1 saturated heterocycles. The van der Waals surface area contributed by atoms with Crippen LogP contribution in [0.1, 0.15) is 17.7 Å². The second-order valence-electron chi connectivity index (χ2n) is 5.53. The average Bonchev–Trinajstić information content (AvgIpc) is 3.34. The van der Waals surface area contributed by atoms with E-state index in [0.717, 1.165) is 9.78 Å². The largest absolute Gasteiger partial charge is 0.444 e. The standard InChI is InChI=1S/C15H11BrN4O4S/c1-15(9-3-2-6-25-9)13(21)20(14(22)17-15)7-11-18-19-12(24-11)8-4-5-10(16)23-8/h2-6H,7H2,1H3,(H,17,22). The normalized spacial score (nSPS) is 20.3. The van der Waals surface area contributed by atoms with Gasteiger partial charge < -0.3 is 14.2 Å². The number of thiophene rings is 1. The van der Waals surface area contributed by atoms with Gasteiger partial charge in [0.2, 0.25) is 5.89 Å². The van der Waals surface area contributed by atoms with Gasteiger partial charge in [0.15, 0.2) is 16.0 Å². The lowest BCUT2D eigenvalue weighted by molar-refractivity contribution is -0.131. The van der Waals surface area contributed by atoms with Crippen molar-refractivity contribution >= 4 is 39.2 Å². The summed E-state index contributed by atoms with van der Waals surface area (Å²) in [6, 6.07) is 6.51. The number of urea groups is 1. The molecule has 8 nitrogen and oxygen atoms in total. The summed E-state index contributed by atoms with van der Waals surface area (Å²) in [6.45, 7) is 1.57. The van der Waals surface area contributed by atoms with E-state index in [1.807, 2.05) is 17.5 Å². The van der Waals surface area contributed by atoms with Crippen LogP contribution in [0.2, 0.25) is 0 Å². The van der Waals surface area contributed by atoms with E-state index in [-0.39, 0.29) is 24.2 Å². The fourth-order valence-corrected chi connectivity index (χ4v) is 3.69. The van der Waals surface area contributed by atoms with E-state index in [0.29, 0.717) is 10.4 Å². The number of furan rings is 1. The molecule has 0 saturated carbocycles. The number of rotatable bonds is 4. The van der Waals surface area contributed by atoms with E-state index >= 15 is 0 Å². The van der Waals surface area contributed by atoms with Crippen LogP contribution in [-0.4, -0.2) is 27.0 Å². The number of amides is 3. The van der Waals surface area contributed by atoms with Crippen LogP contribution in [0.5, 0.6) is 0 Å². The van der Waals surface area contributed by atoms with Gasteiger partial charge in [-0.15, -0.1) is 21.5 Å². The predicted molar refractivity (Wildman–Crippen MR) is 90.5 cm³/mol. The zero-order valence-corrected chi connectivity index (χ0v) is 15.3. The van der Waals surface area contributed by atoms with Crippen LogP contribution in [-0.2, 0) is 16.9 Å². The van der Waals surface area contributed by atoms with Crippen molar-refractivity contribution in [3.05, 3.63) is 45.1 Å². The van der Waals surface area contributed by atoms with E-state index in [9.17, 15) is 9.59 Å². The molecule has 1 aliphatic rings. The Kier molecular flexibility index (Phi) is 3.73. The summed E-state index contributed by atoms with van der Waals surface area (Å²) in [5.41, 5.74) is -1.08. The van der Waals surface area contributed by atoms with Gasteiger partial charge in [-0.3, -0.25) is 9.69 Å². The number of hydrogen-bond donors (Lipinski definition) is 1. The first-order valence-corrected chi connectivity index (χ1v) is 8.91. The van der Waals surface area contributed by atoms with Crippen molar-refractivity contribution in [2.45, 2.75) is 19.0 Å². The van der Waals surface area contributed by atoms with Gasteiger partial charge in [0, 0.05) is 4.88 Å². The SMILES string of the molecule is CC1(c2cccs2)NC(=O)N(Cc2nnc(-c3ccc(Br)o3)o2)C1=O. The lowest BCUT2D eigenvalue weighted by Crippen LogP contribution is -2.40. The molecule has 25 heavy (non-hydrogen) atoms. The smallest absolute Gasteiger partial charge is 0.325 e. The predicted octanol–water partition coefficient (Wildman–Crippen LogP) is 3.12. The van der Waals surface area contributed by atoms with Crippen molar-refractivity contribution in [2.75, 3.05) is 0 Å². The maximum absolute atomic E-state index is 12.8. The Labute approximate surface area is 154 Å². The fourth-order valence-electron chi connectivity index (χ4n) is 2.55. The third-order valence-electron chi connectivity index (χ3n) is 3.83. The van der Waals surface area contributed by atoms with Crippen molar-refractivity contribution in [2.24, 2.45) is 0 Å². The minimum Gasteiger partial charge on any atom is -0.444 e. The van der Waals surface area contributed by atoms with Gasteiger partial charge in [-0.2, -0.15) is 0 Å². The van der Waals surface area contributed by atoms with E-state index in [4.69, 9.17) is 8.83 Å². The van der Waals surface area contributed by atoms with Crippen LogP contribution in [0.25, 0.3) is 11.7 Å². The molecule has 3 aromatic heterocycles. The molecule has 0 radical (unpaired) electrons. The highest BCUT2D eigenvalue weighted by Crippen LogP contribution is 2.32. The summed E-state index contributed by atoms with van der Waals surface area (Å²) in [5, 5.41) is 12.3. The van der Waals surface area contributed by atoms with Gasteiger partial charge in [-0.25, -0.2) is 4.79 Å². The molecular formula is C15H11BrN4O4S. The second kappa shape index (κ2) is 5.81. The van der Waals surface area contributed by atoms with Crippen LogP contribution in [0.3, 0.4) is 0 Å². The number of aromatic nitrogens is 2. The molecule has 0 aliphatic carbocycles. The molecule has 4 rings (SSSR count). The molecule has 128 valence electrons. The lowest BCUT2D eigenvalue weighted by Gasteiger charge is -2.19. The fraction of sp³-hybridized carbons (Fsp3) is 0.200. The number of nitrogens with zero attached hydrogens (tertiary/aromatic N) is 3. The van der Waals surface area contributed by atoms with Gasteiger partial charge in [0.25, 0.3) is 11.8 Å². The molecule has 10 heteroatoms. The number of imide groups is 1. The third kappa shape index (κ3) is 2.67. The molecule has 4 heterocycles. The molecule has 0 aromatic carbocycles. The Balaban J connectivity index is 1.56. The molecule has 3 aromatic rings. The minimum absolute atomic E-state index is 0.111. The topological polar surface area (TPSA) is 101 Å². The zero-order chi connectivity index (χ0) is 17.6. The summed E-state index contributed by atoms with van der Waals surface area (Å²) in [5.74, 6) is 0.349. The Morgan fingerprint density at radius 1 is 1.28 bits per heavy atom. The molecular weight excluding hydrogens is 412 g/mol. The highest BCUT2D eigenvalue weighted by Gasteiger charge is 2.50. The van der Waals surface area contributed by atoms with E-state index < -0.39 is 11.6 Å². The van der Waals surface area contributed by atoms with Crippen molar-refractivity contribution in [1.82, 2.24) is 20.4 Å². The van der Waals surface area contributed by atoms with Gasteiger partial charge in [0.05, 0.1) is 0 Å². The maximum atomic E-state index is 12.8. The molecule has 1 aliphatic heterocycles. The molecule has 1 atom stereocenters. The van der Waals surface area contributed by atoms with Gasteiger partial charge in [-0.05, 0) is 46.4 Å². The monoisotopic (exact) mass is 422 g/mol. The summed E-state index contributed by atoms with van der Waals surface area (Å²) in [7, 11) is 0. The molecule has 1 N–H and O–H groups in total. The Bertz CT molecular complexity index is 951. The molecule has 0 bridgehead atoms. The summed E-state index contributed by atoms with van der Waals surface area (Å²) in [6.07, 6.45) is 0. The number of halogens is 1. The number of carbonyl (C=O) groups is 2. The molecule has 0 spiro atoms. The summed E-state index contributed by atoms with van der Waals surface area (Å²) < 4.78 is 11.4. The van der Waals surface area contributed by atoms with Crippen molar-refractivity contribution in [3.63, 3.8) is 0 Å². The quantitative estimate of drug-likeness (QED) is 0.648. The van der Waals surface area contributed by atoms with Gasteiger partial charge >= 0.3 is 6.03 Å². The number of carbonyl (C=O) groups excluding carboxylic acids is 2. The second-order valence-corrected chi connectivity index (χ2v) is 7.26. The van der Waals surface area contributed by atoms with Crippen LogP contribution >= 0.6 is 27.3 Å². The van der Waals surface area contributed by atoms with E-state index in [1.54, 1.807) is 19.1 Å². The zero-order valence-electron chi connectivity index (χ0n) is 12.9. The van der Waals surface area contributed by atoms with E-state index in [2.05, 4.69) is 31.4 Å². The molecule has 3 amide bonds. The first-order valence-electron chi connectivity index (χ1n) is 7.23. The average molecular weight is 423 g/mol. The lowest BCUT2D eigenvalue weighted by atomic mass is 10.0. The molecule has 1 fully saturated rings. The molecule has 1 unspecified atom stereocenters. The van der Waals surface area contributed by atoms with Crippen LogP contribution < -0.4 is 5.32 Å². The minimum atomic E-state index is -1.08. The van der Waals surface area contributed by atoms with Crippen LogP contribution in [0.4, 0.5) is 4.79 Å². The van der Waals surface area contributed by atoms with Crippen LogP contribution in [0, 0.1) is 0 Å². The van der Waals surface area contributed by atoms with Crippen LogP contribution in [0.15, 0.2) is 43.1 Å². The van der Waals surface area contributed by atoms with Gasteiger partial charge in [-0.1, -0.05) is 6.07 Å². The maximum Gasteiger partial charge on any atom is 0.325 e. The Morgan fingerprint density at radius 3 is 2.80 bits per heavy atom. The highest BCUT2D eigenvalue weighted by molar-refractivity contribution is 9.10. The Hall–Kier alpha value is -2.46. The number of hydrogen-bond acceptors (Lipinski definition) is 7. The van der Waals surface area contributed by atoms with Crippen molar-refractivity contribution in [3.8, 4) is 11.7 Å². The summed E-state index contributed by atoms with van der Waals surface area (Å²) in [4.78, 5) is 26.8. The first-order chi connectivity index (χ1) is 12.0. The highest BCUT2D eigenvalue weighted by atomic mass is 79.9. The summed E-state index contributed by atoms with van der Waals surface area (Å²) >= 11 is 4.60. The third-order valence-corrected chi connectivity index (χ3v) is 5.35.